The van der Waals surface area contributed by atoms with Crippen molar-refractivity contribution in [3.8, 4) is 0 Å². The quantitative estimate of drug-likeness (QED) is 0.856. The Morgan fingerprint density at radius 1 is 1.08 bits per heavy atom. The minimum absolute atomic E-state index is 0.00443. The van der Waals surface area contributed by atoms with E-state index in [4.69, 9.17) is 5.73 Å². The Morgan fingerprint density at radius 3 is 2.52 bits per heavy atom. The van der Waals surface area contributed by atoms with Crippen LogP contribution in [-0.2, 0) is 16.0 Å². The Morgan fingerprint density at radius 2 is 1.80 bits per heavy atom. The average Bonchev–Trinajstić information content (AvgIpc) is 3.31. The first-order chi connectivity index (χ1) is 12.1. The number of amides is 2. The molecule has 5 nitrogen and oxygen atoms in total. The molecule has 5 heteroatoms. The predicted octanol–water partition coefficient (Wildman–Crippen LogP) is 1.81. The molecule has 25 heavy (non-hydrogen) atoms. The largest absolute Gasteiger partial charge is 0.343 e. The standard InChI is InChI=1S/C20H29N3O2/c21-18(8-9-19(24)22-11-4-5-12-22)20(25)23-13-10-17(15-23)14-16-6-2-1-3-7-16/h1-3,6-7,17-18H,4-5,8-15,21H2/t17-,18?/m1/s1. The van der Waals surface area contributed by atoms with Crippen LogP contribution in [0.2, 0.25) is 0 Å². The summed E-state index contributed by atoms with van der Waals surface area (Å²) < 4.78 is 0. The van der Waals surface area contributed by atoms with Crippen molar-refractivity contribution >= 4 is 11.8 Å². The van der Waals surface area contributed by atoms with Gasteiger partial charge in [0.15, 0.2) is 0 Å². The Balaban J connectivity index is 1.42. The van der Waals surface area contributed by atoms with Crippen LogP contribution in [0.3, 0.4) is 0 Å². The molecule has 1 unspecified atom stereocenters. The van der Waals surface area contributed by atoms with Gasteiger partial charge in [-0.1, -0.05) is 30.3 Å². The molecule has 0 aromatic heterocycles. The van der Waals surface area contributed by atoms with E-state index in [0.717, 1.165) is 51.9 Å². The zero-order valence-electron chi connectivity index (χ0n) is 14.9. The van der Waals surface area contributed by atoms with E-state index in [0.29, 0.717) is 18.8 Å². The van der Waals surface area contributed by atoms with Crippen LogP contribution in [0.15, 0.2) is 30.3 Å². The fourth-order valence-corrected chi connectivity index (χ4v) is 3.91. The van der Waals surface area contributed by atoms with Gasteiger partial charge in [-0.25, -0.2) is 0 Å². The summed E-state index contributed by atoms with van der Waals surface area (Å²) in [5.41, 5.74) is 7.40. The van der Waals surface area contributed by atoms with Gasteiger partial charge >= 0.3 is 0 Å². The normalized spacial score (nSPS) is 21.6. The second-order valence-corrected chi connectivity index (χ2v) is 7.36. The molecule has 2 aliphatic rings. The summed E-state index contributed by atoms with van der Waals surface area (Å²) >= 11 is 0. The minimum atomic E-state index is -0.554. The molecule has 1 aromatic carbocycles. The Bertz CT molecular complexity index is 584. The van der Waals surface area contributed by atoms with Crippen molar-refractivity contribution in [1.29, 1.82) is 0 Å². The highest BCUT2D eigenvalue weighted by Crippen LogP contribution is 2.22. The molecular formula is C20H29N3O2. The van der Waals surface area contributed by atoms with Crippen molar-refractivity contribution in [3.05, 3.63) is 35.9 Å². The molecule has 2 saturated heterocycles. The molecular weight excluding hydrogens is 314 g/mol. The number of nitrogens with zero attached hydrogens (tertiary/aromatic N) is 2. The lowest BCUT2D eigenvalue weighted by atomic mass is 9.99. The smallest absolute Gasteiger partial charge is 0.239 e. The van der Waals surface area contributed by atoms with E-state index in [1.54, 1.807) is 0 Å². The summed E-state index contributed by atoms with van der Waals surface area (Å²) in [4.78, 5) is 28.4. The van der Waals surface area contributed by atoms with Crippen molar-refractivity contribution in [2.75, 3.05) is 26.2 Å². The van der Waals surface area contributed by atoms with E-state index in [-0.39, 0.29) is 11.8 Å². The number of rotatable bonds is 6. The second kappa shape index (κ2) is 8.48. The maximum absolute atomic E-state index is 12.6. The third-order valence-electron chi connectivity index (χ3n) is 5.41. The minimum Gasteiger partial charge on any atom is -0.343 e. The van der Waals surface area contributed by atoms with Crippen molar-refractivity contribution in [2.45, 2.75) is 44.6 Å². The highest BCUT2D eigenvalue weighted by Gasteiger charge is 2.30. The first-order valence-corrected chi connectivity index (χ1v) is 9.49. The molecule has 2 heterocycles. The molecule has 1 aromatic rings. The maximum Gasteiger partial charge on any atom is 0.239 e. The fourth-order valence-electron chi connectivity index (χ4n) is 3.91. The Kier molecular flexibility index (Phi) is 6.08. The number of carbonyl (C=O) groups is 2. The van der Waals surface area contributed by atoms with E-state index in [9.17, 15) is 9.59 Å². The molecule has 2 N–H and O–H groups in total. The molecule has 3 rings (SSSR count). The lowest BCUT2D eigenvalue weighted by molar-refractivity contribution is -0.133. The van der Waals surface area contributed by atoms with Crippen molar-refractivity contribution in [3.63, 3.8) is 0 Å². The van der Waals surface area contributed by atoms with E-state index >= 15 is 0 Å². The van der Waals surface area contributed by atoms with Gasteiger partial charge < -0.3 is 15.5 Å². The molecule has 2 fully saturated rings. The molecule has 2 atom stereocenters. The average molecular weight is 343 g/mol. The van der Waals surface area contributed by atoms with Crippen LogP contribution in [0.25, 0.3) is 0 Å². The van der Waals surface area contributed by atoms with Gasteiger partial charge in [0, 0.05) is 32.6 Å². The zero-order valence-corrected chi connectivity index (χ0v) is 14.9. The summed E-state index contributed by atoms with van der Waals surface area (Å²) in [5, 5.41) is 0. The van der Waals surface area contributed by atoms with E-state index in [1.807, 2.05) is 15.9 Å². The van der Waals surface area contributed by atoms with Gasteiger partial charge in [-0.15, -0.1) is 0 Å². The van der Waals surface area contributed by atoms with Crippen molar-refractivity contribution in [2.24, 2.45) is 11.7 Å². The van der Waals surface area contributed by atoms with Gasteiger partial charge in [-0.05, 0) is 43.6 Å². The number of hydrogen-bond acceptors (Lipinski definition) is 3. The first kappa shape index (κ1) is 17.9. The monoisotopic (exact) mass is 343 g/mol. The van der Waals surface area contributed by atoms with Gasteiger partial charge in [-0.3, -0.25) is 9.59 Å². The molecule has 2 amide bonds. The lowest BCUT2D eigenvalue weighted by Crippen LogP contribution is -2.43. The van der Waals surface area contributed by atoms with Crippen molar-refractivity contribution in [1.82, 2.24) is 9.80 Å². The Labute approximate surface area is 150 Å². The van der Waals surface area contributed by atoms with E-state index < -0.39 is 6.04 Å². The molecule has 0 spiro atoms. The van der Waals surface area contributed by atoms with Crippen LogP contribution >= 0.6 is 0 Å². The number of hydrogen-bond donors (Lipinski definition) is 1. The van der Waals surface area contributed by atoms with Crippen LogP contribution in [0.5, 0.6) is 0 Å². The van der Waals surface area contributed by atoms with Gasteiger partial charge in [-0.2, -0.15) is 0 Å². The summed E-state index contributed by atoms with van der Waals surface area (Å²) in [7, 11) is 0. The SMILES string of the molecule is NC(CCC(=O)N1CCCC1)C(=O)N1CC[C@H](Cc2ccccc2)C1. The third-order valence-corrected chi connectivity index (χ3v) is 5.41. The summed E-state index contributed by atoms with van der Waals surface area (Å²) in [6.45, 7) is 3.27. The highest BCUT2D eigenvalue weighted by molar-refractivity contribution is 5.83. The van der Waals surface area contributed by atoms with Crippen LogP contribution in [0.4, 0.5) is 0 Å². The summed E-state index contributed by atoms with van der Waals surface area (Å²) in [6, 6.07) is 9.86. The zero-order chi connectivity index (χ0) is 17.6. The van der Waals surface area contributed by atoms with Crippen LogP contribution < -0.4 is 5.73 Å². The van der Waals surface area contributed by atoms with Gasteiger partial charge in [0.05, 0.1) is 6.04 Å². The maximum atomic E-state index is 12.6. The van der Waals surface area contributed by atoms with Gasteiger partial charge in [0.1, 0.15) is 0 Å². The molecule has 0 saturated carbocycles. The fraction of sp³-hybridized carbons (Fsp3) is 0.600. The van der Waals surface area contributed by atoms with Crippen LogP contribution in [0, 0.1) is 5.92 Å². The molecule has 0 bridgehead atoms. The highest BCUT2D eigenvalue weighted by atomic mass is 16.2. The molecule has 136 valence electrons. The predicted molar refractivity (Wildman–Crippen MR) is 97.9 cm³/mol. The van der Waals surface area contributed by atoms with Crippen LogP contribution in [-0.4, -0.2) is 53.8 Å². The van der Waals surface area contributed by atoms with E-state index in [2.05, 4.69) is 24.3 Å². The number of benzene rings is 1. The number of nitrogens with two attached hydrogens (primary N) is 1. The summed E-state index contributed by atoms with van der Waals surface area (Å²) in [5.74, 6) is 0.652. The molecule has 2 aliphatic heterocycles. The number of likely N-dealkylation sites (tertiary alicyclic amines) is 2. The van der Waals surface area contributed by atoms with E-state index in [1.165, 1.54) is 5.56 Å². The van der Waals surface area contributed by atoms with Crippen LogP contribution in [0.1, 0.15) is 37.7 Å². The third kappa shape index (κ3) is 4.82. The lowest BCUT2D eigenvalue weighted by Gasteiger charge is -2.22. The first-order valence-electron chi connectivity index (χ1n) is 9.49. The molecule has 0 aliphatic carbocycles. The number of carbonyl (C=O) groups excluding carboxylic acids is 2. The van der Waals surface area contributed by atoms with Gasteiger partial charge in [0.2, 0.25) is 11.8 Å². The van der Waals surface area contributed by atoms with Crippen molar-refractivity contribution < 1.29 is 9.59 Å². The topological polar surface area (TPSA) is 66.6 Å². The summed E-state index contributed by atoms with van der Waals surface area (Å²) in [6.07, 6.45) is 5.05. The second-order valence-electron chi connectivity index (χ2n) is 7.36. The Hall–Kier alpha value is -1.88. The van der Waals surface area contributed by atoms with Gasteiger partial charge in [0.25, 0.3) is 0 Å². The molecule has 0 radical (unpaired) electrons.